The van der Waals surface area contributed by atoms with E-state index in [1.807, 2.05) is 24.3 Å². The number of H-pyrrole nitrogens is 2. The standard InChI is InChI=1S/C33H46N12O7/c1-18(32(52)45-11-5-9-26(45)31(51)40-16-27(46)47)42-29(49)24(8-4-10-38-33(35)36)43-30(50)25(12-19-14-39-23-7-3-2-6-21(19)23)44-28(48)22(34)13-20-15-37-17-41-20/h2-3,6-7,14-15,17-18,22,24-26,39H,4-5,8-13,16,34H2,1H3,(H,37,41)(H,40,51)(H,42,49)(H,43,50)(H,44,48)(H,46,47)(H4,35,36,38)/t18-,22-,24-,25-,26-/m0/s1. The molecule has 2 aromatic heterocycles. The summed E-state index contributed by atoms with van der Waals surface area (Å²) in [5.41, 5.74) is 19.3. The van der Waals surface area contributed by atoms with Crippen LogP contribution in [-0.2, 0) is 41.6 Å². The maximum absolute atomic E-state index is 14.0. The molecule has 5 atom stereocenters. The predicted octanol–water partition coefficient (Wildman–Crippen LogP) is -2.28. The summed E-state index contributed by atoms with van der Waals surface area (Å²) in [5, 5.41) is 20.2. The van der Waals surface area contributed by atoms with Crippen LogP contribution < -0.4 is 38.5 Å². The van der Waals surface area contributed by atoms with Crippen LogP contribution in [0.5, 0.6) is 0 Å². The van der Waals surface area contributed by atoms with Crippen molar-refractivity contribution in [2.75, 3.05) is 19.6 Å². The number of carboxylic acid groups (broad SMARTS) is 1. The Balaban J connectivity index is 1.51. The molecule has 0 bridgehead atoms. The van der Waals surface area contributed by atoms with Crippen molar-refractivity contribution < 1.29 is 33.9 Å². The lowest BCUT2D eigenvalue weighted by atomic mass is 10.0. The minimum absolute atomic E-state index is 0.0515. The number of hydrogen-bond acceptors (Lipinski definition) is 9. The molecular formula is C33H46N12O7. The highest BCUT2D eigenvalue weighted by atomic mass is 16.4. The van der Waals surface area contributed by atoms with E-state index in [4.69, 9.17) is 22.3 Å². The number of aliphatic carboxylic acids is 1. The van der Waals surface area contributed by atoms with E-state index in [1.54, 1.807) is 12.4 Å². The molecule has 4 rings (SSSR count). The molecule has 280 valence electrons. The molecule has 1 saturated heterocycles. The average Bonchev–Trinajstić information content (AvgIpc) is 3.89. The summed E-state index contributed by atoms with van der Waals surface area (Å²) in [5.74, 6) is -4.51. The highest BCUT2D eigenvalue weighted by molar-refractivity contribution is 5.96. The smallest absolute Gasteiger partial charge is 0.322 e. The third-order valence-corrected chi connectivity index (χ3v) is 8.62. The van der Waals surface area contributed by atoms with Crippen LogP contribution in [0.1, 0.15) is 43.9 Å². The number of carbonyl (C=O) groups is 6. The molecule has 1 aliphatic rings. The number of imidazole rings is 1. The van der Waals surface area contributed by atoms with Gasteiger partial charge < -0.3 is 58.4 Å². The normalized spacial score (nSPS) is 16.3. The summed E-state index contributed by atoms with van der Waals surface area (Å²) < 4.78 is 0. The van der Waals surface area contributed by atoms with Gasteiger partial charge in [-0.2, -0.15) is 0 Å². The topological polar surface area (TPSA) is 309 Å². The Morgan fingerprint density at radius 3 is 2.46 bits per heavy atom. The Hall–Kier alpha value is -5.98. The molecule has 5 amide bonds. The fraction of sp³-hybridized carbons (Fsp3) is 0.455. The third-order valence-electron chi connectivity index (χ3n) is 8.62. The number of carboxylic acids is 1. The van der Waals surface area contributed by atoms with Gasteiger partial charge in [0.05, 0.1) is 12.4 Å². The van der Waals surface area contributed by atoms with Crippen LogP contribution in [0.4, 0.5) is 0 Å². The number of amides is 5. The molecule has 19 heteroatoms. The molecule has 0 spiro atoms. The quantitative estimate of drug-likeness (QED) is 0.0379. The summed E-state index contributed by atoms with van der Waals surface area (Å²) in [7, 11) is 0. The van der Waals surface area contributed by atoms with Crippen LogP contribution in [-0.4, -0.2) is 116 Å². The Bertz CT molecular complexity index is 1750. The largest absolute Gasteiger partial charge is 0.480 e. The molecule has 1 aromatic carbocycles. The van der Waals surface area contributed by atoms with Crippen molar-refractivity contribution in [1.82, 2.24) is 41.1 Å². The number of aliphatic imine (C=N–C) groups is 1. The van der Waals surface area contributed by atoms with E-state index < -0.39 is 72.3 Å². The van der Waals surface area contributed by atoms with Gasteiger partial charge in [-0.1, -0.05) is 18.2 Å². The van der Waals surface area contributed by atoms with Crippen molar-refractivity contribution in [3.63, 3.8) is 0 Å². The first kappa shape index (κ1) is 38.8. The number of fused-ring (bicyclic) bond motifs is 1. The molecule has 3 aromatic rings. The fourth-order valence-electron chi connectivity index (χ4n) is 5.99. The second-order valence-electron chi connectivity index (χ2n) is 12.6. The minimum atomic E-state index is -1.22. The molecular weight excluding hydrogens is 676 g/mol. The van der Waals surface area contributed by atoms with E-state index in [9.17, 15) is 28.8 Å². The monoisotopic (exact) mass is 722 g/mol. The van der Waals surface area contributed by atoms with Gasteiger partial charge in [0.2, 0.25) is 29.5 Å². The van der Waals surface area contributed by atoms with Crippen LogP contribution in [0.2, 0.25) is 0 Å². The first-order valence-electron chi connectivity index (χ1n) is 16.9. The van der Waals surface area contributed by atoms with Gasteiger partial charge in [-0.25, -0.2) is 4.98 Å². The lowest BCUT2D eigenvalue weighted by molar-refractivity contribution is -0.142. The van der Waals surface area contributed by atoms with Gasteiger partial charge in [-0.05, 0) is 44.2 Å². The van der Waals surface area contributed by atoms with Crippen LogP contribution in [0.3, 0.4) is 0 Å². The summed E-state index contributed by atoms with van der Waals surface area (Å²) in [6, 6.07) is 2.07. The van der Waals surface area contributed by atoms with E-state index in [1.165, 1.54) is 18.2 Å². The zero-order valence-electron chi connectivity index (χ0n) is 28.8. The Morgan fingerprint density at radius 1 is 1.02 bits per heavy atom. The number of aromatic amines is 2. The molecule has 0 aliphatic carbocycles. The third kappa shape index (κ3) is 10.8. The van der Waals surface area contributed by atoms with Crippen molar-refractivity contribution in [3.05, 3.63) is 54.2 Å². The number of nitrogens with two attached hydrogens (primary N) is 3. The van der Waals surface area contributed by atoms with Gasteiger partial charge in [-0.3, -0.25) is 33.8 Å². The molecule has 1 aliphatic heterocycles. The van der Waals surface area contributed by atoms with Gasteiger partial charge in [0, 0.05) is 54.9 Å². The molecule has 52 heavy (non-hydrogen) atoms. The van der Waals surface area contributed by atoms with E-state index >= 15 is 0 Å². The Kier molecular flexibility index (Phi) is 13.7. The van der Waals surface area contributed by atoms with Crippen molar-refractivity contribution in [1.29, 1.82) is 0 Å². The minimum Gasteiger partial charge on any atom is -0.480 e. The number of benzene rings is 1. The summed E-state index contributed by atoms with van der Waals surface area (Å²) >= 11 is 0. The van der Waals surface area contributed by atoms with Crippen LogP contribution >= 0.6 is 0 Å². The van der Waals surface area contributed by atoms with Gasteiger partial charge in [-0.15, -0.1) is 0 Å². The van der Waals surface area contributed by atoms with Gasteiger partial charge in [0.25, 0.3) is 0 Å². The molecule has 19 nitrogen and oxygen atoms in total. The first-order chi connectivity index (χ1) is 24.8. The number of nitrogens with zero attached hydrogens (tertiary/aromatic N) is 3. The first-order valence-corrected chi connectivity index (χ1v) is 16.9. The average molecular weight is 723 g/mol. The summed E-state index contributed by atoms with van der Waals surface area (Å²) in [6.07, 6.45) is 6.09. The van der Waals surface area contributed by atoms with Crippen molar-refractivity contribution in [2.24, 2.45) is 22.2 Å². The zero-order valence-corrected chi connectivity index (χ0v) is 28.8. The van der Waals surface area contributed by atoms with E-state index in [-0.39, 0.29) is 44.7 Å². The zero-order chi connectivity index (χ0) is 37.8. The molecule has 0 radical (unpaired) electrons. The molecule has 3 heterocycles. The lowest BCUT2D eigenvalue weighted by Crippen LogP contribution is -2.58. The predicted molar refractivity (Wildman–Crippen MR) is 189 cm³/mol. The Morgan fingerprint density at radius 2 is 1.75 bits per heavy atom. The number of para-hydroxylation sites is 1. The SMILES string of the molecule is C[C@H](NC(=O)[C@H](CCCN=C(N)N)NC(=O)[C@H](Cc1c[nH]c2ccccc12)NC(=O)[C@@H](N)Cc1cnc[nH]1)C(=O)N1CCC[C@H]1C(=O)NCC(=O)O. The van der Waals surface area contributed by atoms with E-state index in [0.717, 1.165) is 16.5 Å². The van der Waals surface area contributed by atoms with Gasteiger partial charge in [0.1, 0.15) is 30.7 Å². The number of carbonyl (C=O) groups excluding carboxylic acids is 5. The number of nitrogens with one attached hydrogen (secondary N) is 6. The summed E-state index contributed by atoms with van der Waals surface area (Å²) in [6.45, 7) is 1.24. The van der Waals surface area contributed by atoms with E-state index in [0.29, 0.717) is 18.5 Å². The van der Waals surface area contributed by atoms with Gasteiger partial charge in [0.15, 0.2) is 5.96 Å². The molecule has 0 saturated carbocycles. The van der Waals surface area contributed by atoms with Crippen LogP contribution in [0.15, 0.2) is 48.0 Å². The molecule has 0 unspecified atom stereocenters. The van der Waals surface area contributed by atoms with Crippen molar-refractivity contribution in [2.45, 2.75) is 75.7 Å². The maximum Gasteiger partial charge on any atom is 0.322 e. The second-order valence-corrected chi connectivity index (χ2v) is 12.6. The highest BCUT2D eigenvalue weighted by Gasteiger charge is 2.37. The number of likely N-dealkylation sites (tertiary alicyclic amines) is 1. The van der Waals surface area contributed by atoms with Crippen molar-refractivity contribution >= 4 is 52.4 Å². The number of aromatic nitrogens is 3. The number of hydrogen-bond donors (Lipinski definition) is 10. The van der Waals surface area contributed by atoms with Crippen molar-refractivity contribution in [3.8, 4) is 0 Å². The number of guanidine groups is 1. The van der Waals surface area contributed by atoms with Gasteiger partial charge >= 0.3 is 5.97 Å². The van der Waals surface area contributed by atoms with E-state index in [2.05, 4.69) is 41.2 Å². The molecule has 1 fully saturated rings. The maximum atomic E-state index is 14.0. The van der Waals surface area contributed by atoms with Crippen LogP contribution in [0, 0.1) is 0 Å². The van der Waals surface area contributed by atoms with Crippen LogP contribution in [0.25, 0.3) is 10.9 Å². The molecule has 13 N–H and O–H groups in total. The summed E-state index contributed by atoms with van der Waals surface area (Å²) in [4.78, 5) is 93.2. The highest BCUT2D eigenvalue weighted by Crippen LogP contribution is 2.20. The Labute approximate surface area is 298 Å². The fourth-order valence-corrected chi connectivity index (χ4v) is 5.99. The lowest BCUT2D eigenvalue weighted by Gasteiger charge is -2.28. The second kappa shape index (κ2) is 18.3. The number of rotatable bonds is 18.